The van der Waals surface area contributed by atoms with Crippen LogP contribution in [0.3, 0.4) is 0 Å². The second-order valence-corrected chi connectivity index (χ2v) is 8.45. The molecular formula is C19H27O2. The SMILES string of the molecule is C[C@]12CC[C@H]3[C@@H](CCC4=CC(=O)[CH]C[C@@]43C)[C@@H]1CC[C@@H]2O. The third-order valence-corrected chi connectivity index (χ3v) is 7.73. The van der Waals surface area contributed by atoms with E-state index in [4.69, 9.17) is 0 Å². The molecule has 2 nitrogen and oxygen atoms in total. The fourth-order valence-electron chi connectivity index (χ4n) is 6.36. The van der Waals surface area contributed by atoms with Crippen molar-refractivity contribution in [1.82, 2.24) is 0 Å². The van der Waals surface area contributed by atoms with Crippen LogP contribution in [0.15, 0.2) is 11.6 Å². The predicted octanol–water partition coefficient (Wildman–Crippen LogP) is 3.69. The molecule has 115 valence electrons. The molecule has 0 aromatic heterocycles. The highest BCUT2D eigenvalue weighted by Crippen LogP contribution is 2.65. The lowest BCUT2D eigenvalue weighted by Crippen LogP contribution is -2.51. The van der Waals surface area contributed by atoms with E-state index in [2.05, 4.69) is 13.8 Å². The molecule has 3 saturated carbocycles. The molecule has 0 aromatic carbocycles. The highest BCUT2D eigenvalue weighted by Gasteiger charge is 2.58. The molecule has 0 heterocycles. The summed E-state index contributed by atoms with van der Waals surface area (Å²) in [5.41, 5.74) is 1.79. The zero-order valence-corrected chi connectivity index (χ0v) is 13.3. The molecule has 0 saturated heterocycles. The van der Waals surface area contributed by atoms with Crippen LogP contribution < -0.4 is 0 Å². The highest BCUT2D eigenvalue weighted by molar-refractivity contribution is 5.98. The van der Waals surface area contributed by atoms with E-state index in [1.165, 1.54) is 24.8 Å². The Bertz CT molecular complexity index is 508. The van der Waals surface area contributed by atoms with Gasteiger partial charge in [0.05, 0.1) is 6.10 Å². The Morgan fingerprint density at radius 3 is 2.76 bits per heavy atom. The van der Waals surface area contributed by atoms with Gasteiger partial charge in [0.15, 0.2) is 5.78 Å². The monoisotopic (exact) mass is 287 g/mol. The Labute approximate surface area is 128 Å². The molecule has 21 heavy (non-hydrogen) atoms. The van der Waals surface area contributed by atoms with Gasteiger partial charge in [0.2, 0.25) is 0 Å². The molecule has 0 aliphatic heterocycles. The van der Waals surface area contributed by atoms with E-state index in [0.717, 1.165) is 31.6 Å². The quantitative estimate of drug-likeness (QED) is 0.737. The lowest BCUT2D eigenvalue weighted by Gasteiger charge is -2.57. The summed E-state index contributed by atoms with van der Waals surface area (Å²) in [6.45, 7) is 4.72. The van der Waals surface area contributed by atoms with E-state index in [1.807, 2.05) is 12.5 Å². The Kier molecular flexibility index (Phi) is 2.96. The van der Waals surface area contributed by atoms with Crippen molar-refractivity contribution in [3.8, 4) is 0 Å². The minimum Gasteiger partial charge on any atom is -0.393 e. The number of carbonyl (C=O) groups excluding carboxylic acids is 1. The van der Waals surface area contributed by atoms with Crippen molar-refractivity contribution in [3.63, 3.8) is 0 Å². The van der Waals surface area contributed by atoms with Crippen LogP contribution in [-0.4, -0.2) is 17.0 Å². The molecule has 6 atom stereocenters. The molecule has 4 rings (SSSR count). The maximum Gasteiger partial charge on any atom is 0.159 e. The van der Waals surface area contributed by atoms with Gasteiger partial charge in [-0.3, -0.25) is 4.79 Å². The lowest BCUT2D eigenvalue weighted by atomic mass is 9.47. The number of hydrogen-bond donors (Lipinski definition) is 1. The van der Waals surface area contributed by atoms with Gasteiger partial charge in [0.1, 0.15) is 0 Å². The number of allylic oxidation sites excluding steroid dienone is 1. The van der Waals surface area contributed by atoms with E-state index in [9.17, 15) is 9.90 Å². The Morgan fingerprint density at radius 1 is 1.14 bits per heavy atom. The van der Waals surface area contributed by atoms with Crippen LogP contribution in [-0.2, 0) is 4.79 Å². The molecular weight excluding hydrogens is 260 g/mol. The molecule has 0 amide bonds. The van der Waals surface area contributed by atoms with Crippen molar-refractivity contribution in [3.05, 3.63) is 18.1 Å². The predicted molar refractivity (Wildman–Crippen MR) is 82.4 cm³/mol. The molecule has 0 unspecified atom stereocenters. The average molecular weight is 287 g/mol. The molecule has 0 bridgehead atoms. The van der Waals surface area contributed by atoms with Crippen LogP contribution in [0.5, 0.6) is 0 Å². The molecule has 1 radical (unpaired) electrons. The van der Waals surface area contributed by atoms with E-state index < -0.39 is 0 Å². The van der Waals surface area contributed by atoms with E-state index in [1.54, 1.807) is 0 Å². The summed E-state index contributed by atoms with van der Waals surface area (Å²) in [5.74, 6) is 2.38. The summed E-state index contributed by atoms with van der Waals surface area (Å²) in [6, 6.07) is 0. The first-order valence-corrected chi connectivity index (χ1v) is 8.71. The average Bonchev–Trinajstić information content (AvgIpc) is 2.76. The van der Waals surface area contributed by atoms with Gasteiger partial charge >= 0.3 is 0 Å². The Balaban J connectivity index is 1.69. The number of aliphatic hydroxyl groups excluding tert-OH is 1. The summed E-state index contributed by atoms with van der Waals surface area (Å²) in [6.07, 6.45) is 11.6. The van der Waals surface area contributed by atoms with Gasteiger partial charge in [0, 0.05) is 6.42 Å². The van der Waals surface area contributed by atoms with Gasteiger partial charge in [-0.1, -0.05) is 19.4 Å². The zero-order chi connectivity index (χ0) is 14.8. The normalized spacial score (nSPS) is 52.7. The molecule has 1 N–H and O–H groups in total. The van der Waals surface area contributed by atoms with Crippen molar-refractivity contribution < 1.29 is 9.90 Å². The van der Waals surface area contributed by atoms with Crippen molar-refractivity contribution in [1.29, 1.82) is 0 Å². The first-order valence-electron chi connectivity index (χ1n) is 8.71. The molecule has 3 fully saturated rings. The second kappa shape index (κ2) is 4.44. The number of hydrogen-bond acceptors (Lipinski definition) is 2. The lowest BCUT2D eigenvalue weighted by molar-refractivity contribution is -0.114. The standard InChI is InChI=1S/C19H27O2/c1-18-9-7-13(20)11-12(18)3-4-14-15-5-6-17(21)19(15,2)10-8-16(14)18/h7,11,14-17,21H,3-6,8-10H2,1-2H3/t14-,15-,16-,17-,18-,19-/m0/s1. The Hall–Kier alpha value is -0.630. The largest absolute Gasteiger partial charge is 0.393 e. The van der Waals surface area contributed by atoms with Gasteiger partial charge in [0.25, 0.3) is 0 Å². The minimum absolute atomic E-state index is 0.0901. The first kappa shape index (κ1) is 14.0. The van der Waals surface area contributed by atoms with E-state index in [0.29, 0.717) is 11.8 Å². The number of aliphatic hydroxyl groups is 1. The number of fused-ring (bicyclic) bond motifs is 5. The fourth-order valence-corrected chi connectivity index (χ4v) is 6.36. The highest BCUT2D eigenvalue weighted by atomic mass is 16.3. The van der Waals surface area contributed by atoms with Crippen molar-refractivity contribution in [2.24, 2.45) is 28.6 Å². The summed E-state index contributed by atoms with van der Waals surface area (Å²) in [4.78, 5) is 11.7. The maximum absolute atomic E-state index is 11.7. The van der Waals surface area contributed by atoms with Gasteiger partial charge in [-0.05, 0) is 79.6 Å². The third kappa shape index (κ3) is 1.78. The molecule has 0 spiro atoms. The van der Waals surface area contributed by atoms with Crippen molar-refractivity contribution in [2.45, 2.75) is 64.9 Å². The number of carbonyl (C=O) groups is 1. The molecule has 4 aliphatic carbocycles. The van der Waals surface area contributed by atoms with Crippen LogP contribution in [0.4, 0.5) is 0 Å². The summed E-state index contributed by atoms with van der Waals surface area (Å²) in [7, 11) is 0. The van der Waals surface area contributed by atoms with Gasteiger partial charge < -0.3 is 5.11 Å². The second-order valence-electron chi connectivity index (χ2n) is 8.45. The van der Waals surface area contributed by atoms with Gasteiger partial charge in [-0.15, -0.1) is 0 Å². The summed E-state index contributed by atoms with van der Waals surface area (Å²) >= 11 is 0. The minimum atomic E-state index is -0.0901. The van der Waals surface area contributed by atoms with Crippen molar-refractivity contribution >= 4 is 5.78 Å². The van der Waals surface area contributed by atoms with Gasteiger partial charge in [-0.25, -0.2) is 0 Å². The van der Waals surface area contributed by atoms with Gasteiger partial charge in [-0.2, -0.15) is 0 Å². The fraction of sp³-hybridized carbons (Fsp3) is 0.789. The first-order chi connectivity index (χ1) is 9.95. The zero-order valence-electron chi connectivity index (χ0n) is 13.3. The maximum atomic E-state index is 11.7. The summed E-state index contributed by atoms with van der Waals surface area (Å²) in [5, 5.41) is 10.4. The van der Waals surface area contributed by atoms with Crippen LogP contribution in [0.2, 0.25) is 0 Å². The molecule has 0 aromatic rings. The van der Waals surface area contributed by atoms with Crippen LogP contribution in [0.25, 0.3) is 0 Å². The van der Waals surface area contributed by atoms with E-state index in [-0.39, 0.29) is 22.7 Å². The molecule has 4 aliphatic rings. The number of rotatable bonds is 0. The van der Waals surface area contributed by atoms with Crippen LogP contribution in [0, 0.1) is 35.0 Å². The van der Waals surface area contributed by atoms with Crippen LogP contribution in [0.1, 0.15) is 58.8 Å². The topological polar surface area (TPSA) is 37.3 Å². The Morgan fingerprint density at radius 2 is 1.95 bits per heavy atom. The summed E-state index contributed by atoms with van der Waals surface area (Å²) < 4.78 is 0. The van der Waals surface area contributed by atoms with Crippen LogP contribution >= 0.6 is 0 Å². The smallest absolute Gasteiger partial charge is 0.159 e. The number of ketones is 1. The van der Waals surface area contributed by atoms with Crippen molar-refractivity contribution in [2.75, 3.05) is 0 Å². The molecule has 2 heteroatoms. The third-order valence-electron chi connectivity index (χ3n) is 7.73. The van der Waals surface area contributed by atoms with E-state index >= 15 is 0 Å².